The first-order valence-electron chi connectivity index (χ1n) is 7.49. The molecule has 0 bridgehead atoms. The predicted octanol–water partition coefficient (Wildman–Crippen LogP) is 2.36. The van der Waals surface area contributed by atoms with Gasteiger partial charge in [-0.3, -0.25) is 4.79 Å². The number of aromatic nitrogens is 2. The van der Waals surface area contributed by atoms with Crippen LogP contribution in [0, 0.1) is 11.3 Å². The second kappa shape index (κ2) is 4.90. The van der Waals surface area contributed by atoms with Gasteiger partial charge < -0.3 is 14.2 Å². The second-order valence-corrected chi connectivity index (χ2v) is 6.83. The van der Waals surface area contributed by atoms with Crippen molar-refractivity contribution in [2.45, 2.75) is 39.3 Å². The highest BCUT2D eigenvalue weighted by molar-refractivity contribution is 5.91. The van der Waals surface area contributed by atoms with Gasteiger partial charge in [-0.25, -0.2) is 4.98 Å². The van der Waals surface area contributed by atoms with Crippen molar-refractivity contribution in [2.24, 2.45) is 11.3 Å². The number of rotatable bonds is 5. The number of likely N-dealkylation sites (tertiary alicyclic amines) is 1. The van der Waals surface area contributed by atoms with Gasteiger partial charge in [0.1, 0.15) is 5.82 Å². The fourth-order valence-corrected chi connectivity index (χ4v) is 3.15. The number of nitrogens with zero attached hydrogens (tertiary/aromatic N) is 3. The molecule has 1 saturated heterocycles. The number of imidazole rings is 1. The van der Waals surface area contributed by atoms with E-state index in [-0.39, 0.29) is 23.1 Å². The molecular weight excluding hydrogens is 266 g/mol. The van der Waals surface area contributed by atoms with E-state index < -0.39 is 0 Å². The summed E-state index contributed by atoms with van der Waals surface area (Å²) in [6, 6.07) is -0.00866. The summed E-state index contributed by atoms with van der Waals surface area (Å²) in [6.07, 6.45) is 6.46. The zero-order valence-corrected chi connectivity index (χ0v) is 13.0. The topological polar surface area (TPSA) is 47.4 Å². The molecule has 3 rings (SSSR count). The molecule has 2 aliphatic rings. The Morgan fingerprint density at radius 1 is 1.52 bits per heavy atom. The minimum absolute atomic E-state index is 0.00866. The second-order valence-electron chi connectivity index (χ2n) is 6.83. The van der Waals surface area contributed by atoms with Gasteiger partial charge in [0, 0.05) is 30.9 Å². The first-order chi connectivity index (χ1) is 9.94. The lowest BCUT2D eigenvalue weighted by Crippen LogP contribution is -2.59. The summed E-state index contributed by atoms with van der Waals surface area (Å²) >= 11 is 0. The molecule has 0 radical (unpaired) electrons. The Bertz CT molecular complexity index is 572. The summed E-state index contributed by atoms with van der Waals surface area (Å²) in [7, 11) is 1.48. The third-order valence-corrected chi connectivity index (χ3v) is 4.52. The molecule has 5 heteroatoms. The summed E-state index contributed by atoms with van der Waals surface area (Å²) in [4.78, 5) is 18.7. The van der Waals surface area contributed by atoms with Gasteiger partial charge in [-0.15, -0.1) is 0 Å². The number of amides is 1. The largest absolute Gasteiger partial charge is 0.492 e. The number of ether oxygens (including phenoxy) is 1. The Balaban J connectivity index is 1.85. The Labute approximate surface area is 125 Å². The maximum atomic E-state index is 12.4. The number of hydrogen-bond donors (Lipinski definition) is 0. The van der Waals surface area contributed by atoms with Gasteiger partial charge >= 0.3 is 0 Å². The monoisotopic (exact) mass is 289 g/mol. The Morgan fingerprint density at radius 2 is 2.24 bits per heavy atom. The van der Waals surface area contributed by atoms with E-state index in [4.69, 9.17) is 4.74 Å². The molecule has 1 aliphatic carbocycles. The predicted molar refractivity (Wildman–Crippen MR) is 79.3 cm³/mol. The number of carbonyl (C=O) groups is 1. The first kappa shape index (κ1) is 14.2. The normalized spacial score (nSPS) is 23.6. The first-order valence-corrected chi connectivity index (χ1v) is 7.49. The summed E-state index contributed by atoms with van der Waals surface area (Å²) in [5, 5.41) is 0. The van der Waals surface area contributed by atoms with Crippen molar-refractivity contribution in [3.8, 4) is 0 Å². The molecule has 0 N–H and O–H groups in total. The summed E-state index contributed by atoms with van der Waals surface area (Å²) in [6.45, 7) is 9.74. The van der Waals surface area contributed by atoms with Crippen molar-refractivity contribution in [3.63, 3.8) is 0 Å². The van der Waals surface area contributed by atoms with Gasteiger partial charge in [-0.1, -0.05) is 20.4 Å². The molecular formula is C16H23N3O2. The molecule has 2 heterocycles. The van der Waals surface area contributed by atoms with Crippen LogP contribution in [0.1, 0.15) is 38.6 Å². The molecule has 5 nitrogen and oxygen atoms in total. The third kappa shape index (κ3) is 2.45. The SMILES string of the molecule is C=C(OC)C(=O)N1CC(C)(C)C1c1nccn1CC1CC1. The Hall–Kier alpha value is -1.78. The number of carbonyl (C=O) groups excluding carboxylic acids is 1. The molecule has 114 valence electrons. The van der Waals surface area contributed by atoms with E-state index in [9.17, 15) is 4.79 Å². The molecule has 1 aromatic heterocycles. The highest BCUT2D eigenvalue weighted by atomic mass is 16.5. The van der Waals surface area contributed by atoms with E-state index in [1.807, 2.05) is 17.3 Å². The van der Waals surface area contributed by atoms with E-state index in [1.165, 1.54) is 20.0 Å². The van der Waals surface area contributed by atoms with Crippen LogP contribution in [0.25, 0.3) is 0 Å². The van der Waals surface area contributed by atoms with Crippen molar-refractivity contribution < 1.29 is 9.53 Å². The summed E-state index contributed by atoms with van der Waals surface area (Å²) in [5.74, 6) is 1.81. The molecule has 1 unspecified atom stereocenters. The molecule has 0 spiro atoms. The highest BCUT2D eigenvalue weighted by Crippen LogP contribution is 2.48. The molecule has 1 aromatic rings. The van der Waals surface area contributed by atoms with Crippen LogP contribution in [0.3, 0.4) is 0 Å². The Kier molecular flexibility index (Phi) is 3.30. The average Bonchev–Trinajstić information content (AvgIpc) is 3.15. The van der Waals surface area contributed by atoms with Crippen LogP contribution in [0.15, 0.2) is 24.7 Å². The van der Waals surface area contributed by atoms with Gasteiger partial charge in [-0.2, -0.15) is 0 Å². The van der Waals surface area contributed by atoms with Gasteiger partial charge in [0.2, 0.25) is 0 Å². The lowest BCUT2D eigenvalue weighted by atomic mass is 9.74. The van der Waals surface area contributed by atoms with Crippen LogP contribution in [0.4, 0.5) is 0 Å². The van der Waals surface area contributed by atoms with E-state index in [2.05, 4.69) is 30.0 Å². The van der Waals surface area contributed by atoms with Crippen LogP contribution >= 0.6 is 0 Å². The van der Waals surface area contributed by atoms with Crippen molar-refractivity contribution in [1.82, 2.24) is 14.5 Å². The maximum Gasteiger partial charge on any atom is 0.288 e. The molecule has 21 heavy (non-hydrogen) atoms. The third-order valence-electron chi connectivity index (χ3n) is 4.52. The lowest BCUT2D eigenvalue weighted by molar-refractivity contribution is -0.152. The van der Waals surface area contributed by atoms with Gasteiger partial charge in [0.15, 0.2) is 5.76 Å². The van der Waals surface area contributed by atoms with Crippen molar-refractivity contribution in [2.75, 3.05) is 13.7 Å². The molecule has 1 saturated carbocycles. The summed E-state index contributed by atoms with van der Waals surface area (Å²) < 4.78 is 7.20. The molecule has 1 aliphatic heterocycles. The molecule has 1 amide bonds. The van der Waals surface area contributed by atoms with E-state index in [0.29, 0.717) is 6.54 Å². The van der Waals surface area contributed by atoms with Gasteiger partial charge in [0.25, 0.3) is 5.91 Å². The van der Waals surface area contributed by atoms with Crippen LogP contribution in [-0.4, -0.2) is 34.0 Å². The molecule has 1 atom stereocenters. The van der Waals surface area contributed by atoms with E-state index in [0.717, 1.165) is 18.3 Å². The number of methoxy groups -OCH3 is 1. The fraction of sp³-hybridized carbons (Fsp3) is 0.625. The lowest BCUT2D eigenvalue weighted by Gasteiger charge is -2.53. The number of hydrogen-bond acceptors (Lipinski definition) is 3. The maximum absolute atomic E-state index is 12.4. The highest BCUT2D eigenvalue weighted by Gasteiger charge is 2.51. The zero-order chi connectivity index (χ0) is 15.2. The minimum Gasteiger partial charge on any atom is -0.492 e. The van der Waals surface area contributed by atoms with Crippen molar-refractivity contribution in [1.29, 1.82) is 0 Å². The summed E-state index contributed by atoms with van der Waals surface area (Å²) in [5.41, 5.74) is 0.0241. The van der Waals surface area contributed by atoms with Crippen LogP contribution < -0.4 is 0 Å². The van der Waals surface area contributed by atoms with E-state index in [1.54, 1.807) is 0 Å². The molecule has 0 aromatic carbocycles. The van der Waals surface area contributed by atoms with Gasteiger partial charge in [0.05, 0.1) is 13.2 Å². The van der Waals surface area contributed by atoms with Crippen LogP contribution in [0.2, 0.25) is 0 Å². The fourth-order valence-electron chi connectivity index (χ4n) is 3.15. The average molecular weight is 289 g/mol. The zero-order valence-electron chi connectivity index (χ0n) is 13.0. The van der Waals surface area contributed by atoms with Gasteiger partial charge in [-0.05, 0) is 18.8 Å². The Morgan fingerprint density at radius 3 is 2.81 bits per heavy atom. The van der Waals surface area contributed by atoms with E-state index >= 15 is 0 Å². The smallest absolute Gasteiger partial charge is 0.288 e. The minimum atomic E-state index is -0.136. The quantitative estimate of drug-likeness (QED) is 0.617. The molecule has 2 fully saturated rings. The van der Waals surface area contributed by atoms with Crippen molar-refractivity contribution in [3.05, 3.63) is 30.6 Å². The van der Waals surface area contributed by atoms with Crippen LogP contribution in [-0.2, 0) is 16.1 Å². The standard InChI is InChI=1S/C16H23N3O2/c1-11(21-4)15(20)19-10-16(2,3)13(19)14-17-7-8-18(14)9-12-5-6-12/h7-8,12-13H,1,5-6,9-10H2,2-4H3. The van der Waals surface area contributed by atoms with Crippen LogP contribution in [0.5, 0.6) is 0 Å². The van der Waals surface area contributed by atoms with Crippen molar-refractivity contribution >= 4 is 5.91 Å².